The molecule has 0 aromatic carbocycles. The van der Waals surface area contributed by atoms with E-state index in [0.717, 1.165) is 0 Å². The first-order valence-electron chi connectivity index (χ1n) is 6.31. The summed E-state index contributed by atoms with van der Waals surface area (Å²) in [5.41, 5.74) is 0.623. The van der Waals surface area contributed by atoms with Crippen molar-refractivity contribution in [2.45, 2.75) is 20.4 Å². The van der Waals surface area contributed by atoms with E-state index in [4.69, 9.17) is 9.47 Å². The van der Waals surface area contributed by atoms with Crippen molar-refractivity contribution in [1.82, 2.24) is 19.9 Å². The lowest BCUT2D eigenvalue weighted by molar-refractivity contribution is -0.130. The zero-order valence-corrected chi connectivity index (χ0v) is 12.3. The maximum Gasteiger partial charge on any atom is 0.360 e. The van der Waals surface area contributed by atoms with E-state index >= 15 is 0 Å². The van der Waals surface area contributed by atoms with Crippen molar-refractivity contribution >= 4 is 11.9 Å². The van der Waals surface area contributed by atoms with Gasteiger partial charge in [-0.2, -0.15) is 0 Å². The topological polar surface area (TPSA) is 86.6 Å². The first-order valence-corrected chi connectivity index (χ1v) is 6.31. The van der Waals surface area contributed by atoms with Gasteiger partial charge in [-0.15, -0.1) is 5.10 Å². The van der Waals surface area contributed by atoms with Crippen LogP contribution in [0.25, 0.3) is 0 Å². The molecular weight excluding hydrogens is 264 g/mol. The summed E-state index contributed by atoms with van der Waals surface area (Å²) in [7, 11) is 3.22. The van der Waals surface area contributed by atoms with E-state index in [0.29, 0.717) is 18.8 Å². The zero-order valence-electron chi connectivity index (χ0n) is 12.3. The highest BCUT2D eigenvalue weighted by Crippen LogP contribution is 2.06. The highest BCUT2D eigenvalue weighted by atomic mass is 16.6. The molecule has 0 fully saturated rings. The zero-order chi connectivity index (χ0) is 15.1. The molecule has 0 aliphatic rings. The van der Waals surface area contributed by atoms with Gasteiger partial charge in [0, 0.05) is 20.7 Å². The Morgan fingerprint density at radius 2 is 2.05 bits per heavy atom. The van der Waals surface area contributed by atoms with Crippen molar-refractivity contribution in [3.8, 4) is 0 Å². The predicted molar refractivity (Wildman–Crippen MR) is 70.2 cm³/mol. The standard InChI is InChI=1S/C12H20N4O4/c1-5-15(3)10(17)8-16-9(2)11(13-14-16)12(18)20-7-6-19-4/h5-8H2,1-4H3. The van der Waals surface area contributed by atoms with Crippen LogP contribution in [0.1, 0.15) is 23.1 Å². The number of likely N-dealkylation sites (N-methyl/N-ethyl adjacent to an activating group) is 1. The molecule has 0 radical (unpaired) electrons. The van der Waals surface area contributed by atoms with Crippen molar-refractivity contribution in [3.63, 3.8) is 0 Å². The van der Waals surface area contributed by atoms with Gasteiger partial charge in [0.25, 0.3) is 0 Å². The van der Waals surface area contributed by atoms with Gasteiger partial charge in [0.15, 0.2) is 5.69 Å². The summed E-state index contributed by atoms with van der Waals surface area (Å²) in [6.45, 7) is 4.68. The summed E-state index contributed by atoms with van der Waals surface area (Å²) in [6.07, 6.45) is 0. The molecule has 20 heavy (non-hydrogen) atoms. The largest absolute Gasteiger partial charge is 0.458 e. The van der Waals surface area contributed by atoms with E-state index in [1.807, 2.05) is 6.92 Å². The SMILES string of the molecule is CCN(C)C(=O)Cn1nnc(C(=O)OCCOC)c1C. The Labute approximate surface area is 117 Å². The molecular formula is C12H20N4O4. The number of nitrogens with zero attached hydrogens (tertiary/aromatic N) is 4. The second-order valence-electron chi connectivity index (χ2n) is 4.22. The Bertz CT molecular complexity index is 472. The Morgan fingerprint density at radius 1 is 1.35 bits per heavy atom. The predicted octanol–water partition coefficient (Wildman–Crippen LogP) is -0.132. The van der Waals surface area contributed by atoms with Crippen LogP contribution in [0.2, 0.25) is 0 Å². The van der Waals surface area contributed by atoms with Gasteiger partial charge in [-0.25, -0.2) is 9.48 Å². The molecule has 0 atom stereocenters. The molecule has 0 unspecified atom stereocenters. The molecule has 0 N–H and O–H groups in total. The lowest BCUT2D eigenvalue weighted by atomic mass is 10.3. The molecule has 8 nitrogen and oxygen atoms in total. The molecule has 0 saturated carbocycles. The van der Waals surface area contributed by atoms with Crippen LogP contribution in [-0.4, -0.2) is 65.7 Å². The number of esters is 1. The maximum atomic E-state index is 11.8. The van der Waals surface area contributed by atoms with Gasteiger partial charge in [-0.3, -0.25) is 4.79 Å². The second kappa shape index (κ2) is 7.59. The van der Waals surface area contributed by atoms with Gasteiger partial charge in [-0.05, 0) is 13.8 Å². The van der Waals surface area contributed by atoms with Crippen LogP contribution in [0.5, 0.6) is 0 Å². The van der Waals surface area contributed by atoms with E-state index in [1.165, 1.54) is 11.8 Å². The fraction of sp³-hybridized carbons (Fsp3) is 0.667. The average Bonchev–Trinajstić information content (AvgIpc) is 2.79. The van der Waals surface area contributed by atoms with Gasteiger partial charge in [0.05, 0.1) is 12.3 Å². The summed E-state index contributed by atoms with van der Waals surface area (Å²) < 4.78 is 11.1. The molecule has 1 amide bonds. The van der Waals surface area contributed by atoms with Crippen LogP contribution in [0.4, 0.5) is 0 Å². The minimum Gasteiger partial charge on any atom is -0.458 e. The Hall–Kier alpha value is -1.96. The van der Waals surface area contributed by atoms with E-state index < -0.39 is 5.97 Å². The van der Waals surface area contributed by atoms with Gasteiger partial charge < -0.3 is 14.4 Å². The summed E-state index contributed by atoms with van der Waals surface area (Å²) in [5, 5.41) is 7.57. The third-order valence-electron chi connectivity index (χ3n) is 2.88. The quantitative estimate of drug-likeness (QED) is 0.512. The monoisotopic (exact) mass is 284 g/mol. The molecule has 1 aromatic heterocycles. The average molecular weight is 284 g/mol. The molecule has 8 heteroatoms. The lowest BCUT2D eigenvalue weighted by Gasteiger charge is -2.14. The molecule has 0 spiro atoms. The van der Waals surface area contributed by atoms with E-state index in [9.17, 15) is 9.59 Å². The number of hydrogen-bond acceptors (Lipinski definition) is 6. The van der Waals surface area contributed by atoms with Crippen molar-refractivity contribution in [2.75, 3.05) is 33.9 Å². The van der Waals surface area contributed by atoms with Gasteiger partial charge in [0.2, 0.25) is 5.91 Å². The summed E-state index contributed by atoms with van der Waals surface area (Å²) in [5.74, 6) is -0.665. The molecule has 1 aromatic rings. The molecule has 0 aliphatic heterocycles. The van der Waals surface area contributed by atoms with E-state index in [-0.39, 0.29) is 24.8 Å². The first kappa shape index (κ1) is 16.1. The molecule has 0 bridgehead atoms. The molecule has 0 saturated heterocycles. The number of carbonyl (C=O) groups excluding carboxylic acids is 2. The smallest absolute Gasteiger partial charge is 0.360 e. The van der Waals surface area contributed by atoms with Crippen molar-refractivity contribution < 1.29 is 19.1 Å². The van der Waals surface area contributed by atoms with E-state index in [2.05, 4.69) is 10.3 Å². The Balaban J connectivity index is 2.69. The minimum atomic E-state index is -0.568. The molecule has 112 valence electrons. The van der Waals surface area contributed by atoms with Gasteiger partial charge in [-0.1, -0.05) is 5.21 Å². The fourth-order valence-corrected chi connectivity index (χ4v) is 1.41. The first-order chi connectivity index (χ1) is 9.51. The molecule has 0 aliphatic carbocycles. The van der Waals surface area contributed by atoms with Gasteiger partial charge >= 0.3 is 5.97 Å². The third-order valence-corrected chi connectivity index (χ3v) is 2.88. The van der Waals surface area contributed by atoms with Crippen LogP contribution in [0.15, 0.2) is 0 Å². The molecule has 1 rings (SSSR count). The van der Waals surface area contributed by atoms with Crippen molar-refractivity contribution in [2.24, 2.45) is 0 Å². The lowest BCUT2D eigenvalue weighted by Crippen LogP contribution is -2.30. The van der Waals surface area contributed by atoms with Crippen LogP contribution in [0.3, 0.4) is 0 Å². The number of aromatic nitrogens is 3. The number of methoxy groups -OCH3 is 1. The Morgan fingerprint density at radius 3 is 2.65 bits per heavy atom. The van der Waals surface area contributed by atoms with E-state index in [1.54, 1.807) is 18.9 Å². The highest BCUT2D eigenvalue weighted by molar-refractivity contribution is 5.88. The van der Waals surface area contributed by atoms with Crippen molar-refractivity contribution in [1.29, 1.82) is 0 Å². The van der Waals surface area contributed by atoms with Crippen LogP contribution < -0.4 is 0 Å². The number of amides is 1. The second-order valence-corrected chi connectivity index (χ2v) is 4.22. The third kappa shape index (κ3) is 4.02. The van der Waals surface area contributed by atoms with Crippen LogP contribution in [-0.2, 0) is 20.8 Å². The number of hydrogen-bond donors (Lipinski definition) is 0. The summed E-state index contributed by atoms with van der Waals surface area (Å²) in [4.78, 5) is 25.1. The van der Waals surface area contributed by atoms with Crippen LogP contribution >= 0.6 is 0 Å². The highest BCUT2D eigenvalue weighted by Gasteiger charge is 2.19. The number of carbonyl (C=O) groups is 2. The maximum absolute atomic E-state index is 11.8. The fourth-order valence-electron chi connectivity index (χ4n) is 1.41. The summed E-state index contributed by atoms with van der Waals surface area (Å²) in [6, 6.07) is 0. The van der Waals surface area contributed by atoms with Crippen molar-refractivity contribution in [3.05, 3.63) is 11.4 Å². The normalized spacial score (nSPS) is 10.4. The number of ether oxygens (including phenoxy) is 2. The van der Waals surface area contributed by atoms with Crippen LogP contribution in [0, 0.1) is 6.92 Å². The number of rotatable bonds is 7. The minimum absolute atomic E-state index is 0.0501. The van der Waals surface area contributed by atoms with Gasteiger partial charge in [0.1, 0.15) is 13.2 Å². The summed E-state index contributed by atoms with van der Waals surface area (Å²) >= 11 is 0. The Kier molecular flexibility index (Phi) is 6.10. The molecule has 1 heterocycles.